The number of para-hydroxylation sites is 1. The van der Waals surface area contributed by atoms with Crippen LogP contribution in [0.25, 0.3) is 16.7 Å². The second kappa shape index (κ2) is 7.29. The molecule has 1 aliphatic heterocycles. The molecule has 0 bridgehead atoms. The largest absolute Gasteiger partial charge is 0.352 e. The number of carbonyl (C=O) groups is 1. The molecule has 7 nitrogen and oxygen atoms in total. The number of hydrogen-bond donors (Lipinski definition) is 0. The van der Waals surface area contributed by atoms with Gasteiger partial charge in [0, 0.05) is 26.2 Å². The summed E-state index contributed by atoms with van der Waals surface area (Å²) in [5.74, 6) is 1.71. The quantitative estimate of drug-likeness (QED) is 0.525. The van der Waals surface area contributed by atoms with Crippen molar-refractivity contribution in [1.29, 1.82) is 0 Å². The van der Waals surface area contributed by atoms with Gasteiger partial charge in [0.1, 0.15) is 11.6 Å². The maximum atomic E-state index is 12.6. The minimum Gasteiger partial charge on any atom is -0.352 e. The maximum Gasteiger partial charge on any atom is 0.264 e. The highest BCUT2D eigenvalue weighted by Gasteiger charge is 2.25. The molecule has 29 heavy (non-hydrogen) atoms. The van der Waals surface area contributed by atoms with Crippen molar-refractivity contribution in [3.05, 3.63) is 64.7 Å². The zero-order valence-corrected chi connectivity index (χ0v) is 16.8. The maximum absolute atomic E-state index is 12.6. The number of rotatable bonds is 3. The molecule has 1 amide bonds. The van der Waals surface area contributed by atoms with Crippen LogP contribution < -0.4 is 4.90 Å². The summed E-state index contributed by atoms with van der Waals surface area (Å²) in [7, 11) is 0. The van der Waals surface area contributed by atoms with Gasteiger partial charge < -0.3 is 9.80 Å². The molecule has 0 spiro atoms. The van der Waals surface area contributed by atoms with E-state index in [1.165, 1.54) is 11.3 Å². The van der Waals surface area contributed by atoms with E-state index in [0.717, 1.165) is 40.5 Å². The van der Waals surface area contributed by atoms with Crippen LogP contribution in [0.2, 0.25) is 0 Å². The molecule has 1 aromatic carbocycles. The number of piperazine rings is 1. The van der Waals surface area contributed by atoms with E-state index in [9.17, 15) is 4.79 Å². The molecule has 0 unspecified atom stereocenters. The van der Waals surface area contributed by atoms with Gasteiger partial charge in [-0.2, -0.15) is 5.10 Å². The molecule has 4 aromatic rings. The second-order valence-corrected chi connectivity index (χ2v) is 7.93. The van der Waals surface area contributed by atoms with Gasteiger partial charge in [0.25, 0.3) is 5.91 Å². The third-order valence-electron chi connectivity index (χ3n) is 5.12. The predicted molar refractivity (Wildman–Crippen MR) is 114 cm³/mol. The summed E-state index contributed by atoms with van der Waals surface area (Å²) >= 11 is 1.49. The van der Waals surface area contributed by atoms with Crippen LogP contribution in [0.3, 0.4) is 0 Å². The first kappa shape index (κ1) is 17.8. The second-order valence-electron chi connectivity index (χ2n) is 6.98. The molecular weight excluding hydrogens is 384 g/mol. The molecule has 5 rings (SSSR count). The molecule has 0 radical (unpaired) electrons. The number of aromatic nitrogens is 4. The van der Waals surface area contributed by atoms with E-state index >= 15 is 0 Å². The topological polar surface area (TPSA) is 67.2 Å². The lowest BCUT2D eigenvalue weighted by Gasteiger charge is -2.35. The van der Waals surface area contributed by atoms with Crippen molar-refractivity contribution in [3.63, 3.8) is 0 Å². The number of anilines is 1. The van der Waals surface area contributed by atoms with E-state index in [0.29, 0.717) is 18.9 Å². The highest BCUT2D eigenvalue weighted by molar-refractivity contribution is 7.12. The van der Waals surface area contributed by atoms with E-state index in [1.54, 1.807) is 0 Å². The Balaban J connectivity index is 1.43. The van der Waals surface area contributed by atoms with Crippen molar-refractivity contribution in [3.8, 4) is 5.69 Å². The summed E-state index contributed by atoms with van der Waals surface area (Å²) in [6.45, 7) is 4.72. The van der Waals surface area contributed by atoms with Crippen LogP contribution in [-0.2, 0) is 0 Å². The molecule has 3 aromatic heterocycles. The number of aryl methyl sites for hydroxylation is 1. The average molecular weight is 404 g/mol. The van der Waals surface area contributed by atoms with Crippen LogP contribution in [0, 0.1) is 6.92 Å². The molecule has 0 atom stereocenters. The van der Waals surface area contributed by atoms with E-state index < -0.39 is 0 Å². The summed E-state index contributed by atoms with van der Waals surface area (Å²) in [6.07, 6.45) is 1.83. The van der Waals surface area contributed by atoms with Crippen LogP contribution in [-0.4, -0.2) is 56.7 Å². The summed E-state index contributed by atoms with van der Waals surface area (Å²) < 4.78 is 1.85. The van der Waals surface area contributed by atoms with Crippen molar-refractivity contribution < 1.29 is 4.79 Å². The van der Waals surface area contributed by atoms with E-state index in [4.69, 9.17) is 4.98 Å². The number of benzene rings is 1. The minimum absolute atomic E-state index is 0.112. The first-order valence-corrected chi connectivity index (χ1v) is 10.4. The standard InChI is InChI=1S/C21H20N6OS/c1-15-23-19(17-14-22-27(20(17)24-15)16-6-3-2-4-7-16)25-9-11-26(12-10-25)21(28)18-8-5-13-29-18/h2-8,13-14H,9-12H2,1H3. The van der Waals surface area contributed by atoms with Crippen LogP contribution in [0.15, 0.2) is 54.0 Å². The summed E-state index contributed by atoms with van der Waals surface area (Å²) in [4.78, 5) is 26.9. The number of hydrogen-bond acceptors (Lipinski definition) is 6. The molecule has 1 aliphatic rings. The van der Waals surface area contributed by atoms with Crippen LogP contribution in [0.5, 0.6) is 0 Å². The first-order valence-electron chi connectivity index (χ1n) is 9.56. The molecule has 4 heterocycles. The van der Waals surface area contributed by atoms with Gasteiger partial charge in [-0.15, -0.1) is 11.3 Å². The van der Waals surface area contributed by atoms with Crippen molar-refractivity contribution in [2.45, 2.75) is 6.92 Å². The Morgan fingerprint density at radius 3 is 2.52 bits per heavy atom. The SMILES string of the molecule is Cc1nc(N2CCN(C(=O)c3cccs3)CC2)c2cnn(-c3ccccc3)c2n1. The van der Waals surface area contributed by atoms with Gasteiger partial charge in [-0.3, -0.25) is 4.79 Å². The lowest BCUT2D eigenvalue weighted by atomic mass is 10.2. The fraction of sp³-hybridized carbons (Fsp3) is 0.238. The molecule has 0 aliphatic carbocycles. The molecule has 146 valence electrons. The number of nitrogens with zero attached hydrogens (tertiary/aromatic N) is 6. The number of thiophene rings is 1. The Kier molecular flexibility index (Phi) is 4.48. The molecule has 1 saturated heterocycles. The number of carbonyl (C=O) groups excluding carboxylic acids is 1. The summed E-state index contributed by atoms with van der Waals surface area (Å²) in [6, 6.07) is 13.8. The van der Waals surface area contributed by atoms with Crippen molar-refractivity contribution in [2.24, 2.45) is 0 Å². The molecular formula is C21H20N6OS. The van der Waals surface area contributed by atoms with Crippen molar-refractivity contribution in [1.82, 2.24) is 24.6 Å². The van der Waals surface area contributed by atoms with Gasteiger partial charge >= 0.3 is 0 Å². The van der Waals surface area contributed by atoms with Crippen molar-refractivity contribution >= 4 is 34.1 Å². The third-order valence-corrected chi connectivity index (χ3v) is 5.98. The number of amides is 1. The van der Waals surface area contributed by atoms with Gasteiger partial charge in [0.15, 0.2) is 5.65 Å². The molecule has 8 heteroatoms. The normalized spacial score (nSPS) is 14.5. The minimum atomic E-state index is 0.112. The zero-order chi connectivity index (χ0) is 19.8. The van der Waals surface area contributed by atoms with Crippen molar-refractivity contribution in [2.75, 3.05) is 31.1 Å². The predicted octanol–water partition coefficient (Wildman–Crippen LogP) is 3.15. The Morgan fingerprint density at radius 2 is 1.79 bits per heavy atom. The van der Waals surface area contributed by atoms with Gasteiger partial charge in [-0.1, -0.05) is 24.3 Å². The lowest BCUT2D eigenvalue weighted by molar-refractivity contribution is 0.0751. The molecule has 0 N–H and O–H groups in total. The third kappa shape index (κ3) is 3.25. The van der Waals surface area contributed by atoms with E-state index in [1.807, 2.05) is 70.5 Å². The zero-order valence-electron chi connectivity index (χ0n) is 16.0. The molecule has 0 saturated carbocycles. The number of fused-ring (bicyclic) bond motifs is 1. The summed E-state index contributed by atoms with van der Waals surface area (Å²) in [5.41, 5.74) is 1.77. The van der Waals surface area contributed by atoms with E-state index in [2.05, 4.69) is 15.0 Å². The van der Waals surface area contributed by atoms with Crippen LogP contribution in [0.1, 0.15) is 15.5 Å². The van der Waals surface area contributed by atoms with Gasteiger partial charge in [-0.25, -0.2) is 14.6 Å². The van der Waals surface area contributed by atoms with Gasteiger partial charge in [-0.05, 0) is 30.5 Å². The van der Waals surface area contributed by atoms with Gasteiger partial charge in [0.2, 0.25) is 0 Å². The van der Waals surface area contributed by atoms with Gasteiger partial charge in [0.05, 0.1) is 22.1 Å². The smallest absolute Gasteiger partial charge is 0.264 e. The van der Waals surface area contributed by atoms with Crippen LogP contribution in [0.4, 0.5) is 5.82 Å². The molecule has 1 fully saturated rings. The highest BCUT2D eigenvalue weighted by Crippen LogP contribution is 2.27. The average Bonchev–Trinajstić information content (AvgIpc) is 3.44. The van der Waals surface area contributed by atoms with Crippen LogP contribution >= 0.6 is 11.3 Å². The lowest BCUT2D eigenvalue weighted by Crippen LogP contribution is -2.49. The highest BCUT2D eigenvalue weighted by atomic mass is 32.1. The fourth-order valence-corrected chi connectivity index (χ4v) is 4.37. The Hall–Kier alpha value is -3.26. The first-order chi connectivity index (χ1) is 14.2. The van der Waals surface area contributed by atoms with E-state index in [-0.39, 0.29) is 5.91 Å². The Labute approximate surface area is 172 Å². The summed E-state index contributed by atoms with van der Waals surface area (Å²) in [5, 5.41) is 7.43. The monoisotopic (exact) mass is 404 g/mol. The Morgan fingerprint density at radius 1 is 1.00 bits per heavy atom. The fourth-order valence-electron chi connectivity index (χ4n) is 3.68. The Bertz CT molecular complexity index is 1150.